The van der Waals surface area contributed by atoms with E-state index in [1.54, 1.807) is 31.5 Å². The molecule has 2 rings (SSSR count). The van der Waals surface area contributed by atoms with E-state index in [1.807, 2.05) is 26.8 Å². The molecule has 0 fully saturated rings. The van der Waals surface area contributed by atoms with Gasteiger partial charge in [0.2, 0.25) is 5.91 Å². The van der Waals surface area contributed by atoms with Gasteiger partial charge >= 0.3 is 0 Å². The second-order valence-electron chi connectivity index (χ2n) is 6.13. The Morgan fingerprint density at radius 2 is 1.91 bits per heavy atom. The van der Waals surface area contributed by atoms with Crippen molar-refractivity contribution in [1.29, 1.82) is 0 Å². The third-order valence-electron chi connectivity index (χ3n) is 3.52. The van der Waals surface area contributed by atoms with E-state index in [9.17, 15) is 9.59 Å². The van der Waals surface area contributed by atoms with Crippen LogP contribution in [0.4, 0.5) is 0 Å². The Labute approximate surface area is 129 Å². The normalized spacial score (nSPS) is 11.3. The van der Waals surface area contributed by atoms with Crippen molar-refractivity contribution in [3.63, 3.8) is 0 Å². The highest BCUT2D eigenvalue weighted by molar-refractivity contribution is 6.00. The molecule has 0 bridgehead atoms. The molecule has 0 saturated heterocycles. The summed E-state index contributed by atoms with van der Waals surface area (Å²) in [5, 5.41) is 0. The second-order valence-corrected chi connectivity index (χ2v) is 6.13. The molecule has 0 aliphatic rings. The highest BCUT2D eigenvalue weighted by atomic mass is 16.5. The zero-order chi connectivity index (χ0) is 16.5. The summed E-state index contributed by atoms with van der Waals surface area (Å²) in [7, 11) is 1.55. The fourth-order valence-corrected chi connectivity index (χ4v) is 2.40. The molecule has 0 spiro atoms. The first-order valence-electron chi connectivity index (χ1n) is 6.96. The van der Waals surface area contributed by atoms with Gasteiger partial charge in [0, 0.05) is 22.9 Å². The fraction of sp³-hybridized carbons (Fsp3) is 0.294. The Bertz CT molecular complexity index is 770. The maximum absolute atomic E-state index is 12.1. The summed E-state index contributed by atoms with van der Waals surface area (Å²) < 4.78 is 5.39. The molecular weight excluding hydrogens is 280 g/mol. The monoisotopic (exact) mass is 300 g/mol. The fourth-order valence-electron chi connectivity index (χ4n) is 2.40. The van der Waals surface area contributed by atoms with E-state index in [2.05, 4.69) is 4.98 Å². The predicted molar refractivity (Wildman–Crippen MR) is 86.3 cm³/mol. The zero-order valence-electron chi connectivity index (χ0n) is 13.2. The highest BCUT2D eigenvalue weighted by Gasteiger charge is 2.24. The quantitative estimate of drug-likeness (QED) is 0.913. The molecule has 1 amide bonds. The number of nitrogens with one attached hydrogen (secondary N) is 1. The Hall–Kier alpha value is -2.56. The topological polar surface area (TPSA) is 85.2 Å². The Kier molecular flexibility index (Phi) is 4.08. The molecule has 22 heavy (non-hydrogen) atoms. The molecule has 0 aliphatic carbocycles. The lowest BCUT2D eigenvalue weighted by molar-refractivity contribution is 0.100. The Morgan fingerprint density at radius 1 is 1.23 bits per heavy atom. The first-order valence-corrected chi connectivity index (χ1v) is 6.96. The Balaban J connectivity index is 2.85. The van der Waals surface area contributed by atoms with Crippen LogP contribution in [0.2, 0.25) is 0 Å². The van der Waals surface area contributed by atoms with Crippen molar-refractivity contribution < 1.29 is 9.53 Å². The number of aromatic amines is 1. The molecule has 1 aromatic carbocycles. The lowest BCUT2D eigenvalue weighted by Gasteiger charge is -2.24. The number of carbonyl (C=O) groups is 1. The van der Waals surface area contributed by atoms with Gasteiger partial charge in [-0.15, -0.1) is 0 Å². The van der Waals surface area contributed by atoms with Crippen molar-refractivity contribution in [2.75, 3.05) is 7.11 Å². The van der Waals surface area contributed by atoms with Crippen molar-refractivity contribution in [2.24, 2.45) is 5.73 Å². The van der Waals surface area contributed by atoms with Gasteiger partial charge in [-0.1, -0.05) is 20.8 Å². The van der Waals surface area contributed by atoms with Crippen LogP contribution in [-0.4, -0.2) is 18.0 Å². The van der Waals surface area contributed by atoms with Gasteiger partial charge < -0.3 is 15.5 Å². The van der Waals surface area contributed by atoms with Gasteiger partial charge in [-0.2, -0.15) is 0 Å². The van der Waals surface area contributed by atoms with Crippen molar-refractivity contribution in [3.8, 4) is 16.9 Å². The molecule has 0 unspecified atom stereocenters. The standard InChI is InChI=1S/C17H20N2O3/c1-17(2,3)13-8-11(10-6-5-7-19-16(10)21)12(15(18)20)9-14(13)22-4/h5-9H,1-4H3,(H2,18,20)(H,19,21). The number of amides is 1. The van der Waals surface area contributed by atoms with Crippen LogP contribution < -0.4 is 16.0 Å². The number of nitrogens with two attached hydrogens (primary N) is 1. The molecule has 0 saturated carbocycles. The van der Waals surface area contributed by atoms with E-state index in [1.165, 1.54) is 0 Å². The van der Waals surface area contributed by atoms with E-state index < -0.39 is 5.91 Å². The largest absolute Gasteiger partial charge is 0.496 e. The molecule has 0 aliphatic heterocycles. The molecule has 0 atom stereocenters. The van der Waals surface area contributed by atoms with Crippen molar-refractivity contribution >= 4 is 5.91 Å². The summed E-state index contributed by atoms with van der Waals surface area (Å²) in [5.41, 5.74) is 7.09. The summed E-state index contributed by atoms with van der Waals surface area (Å²) >= 11 is 0. The lowest BCUT2D eigenvalue weighted by Crippen LogP contribution is -2.19. The molecule has 0 radical (unpaired) electrons. The molecule has 116 valence electrons. The number of hydrogen-bond donors (Lipinski definition) is 2. The van der Waals surface area contributed by atoms with Crippen LogP contribution >= 0.6 is 0 Å². The first kappa shape index (κ1) is 15.8. The molecule has 5 nitrogen and oxygen atoms in total. The number of hydrogen-bond acceptors (Lipinski definition) is 3. The van der Waals surface area contributed by atoms with E-state index in [0.717, 1.165) is 5.56 Å². The molecule has 5 heteroatoms. The van der Waals surface area contributed by atoms with Crippen molar-refractivity contribution in [2.45, 2.75) is 26.2 Å². The van der Waals surface area contributed by atoms with Gasteiger partial charge in [0.15, 0.2) is 0 Å². The van der Waals surface area contributed by atoms with Crippen LogP contribution in [-0.2, 0) is 5.41 Å². The number of H-pyrrole nitrogens is 1. The predicted octanol–water partition coefficient (Wildman–Crippen LogP) is 2.45. The van der Waals surface area contributed by atoms with Crippen LogP contribution in [0.25, 0.3) is 11.1 Å². The van der Waals surface area contributed by atoms with Gasteiger partial charge in [0.25, 0.3) is 5.56 Å². The number of primary amides is 1. The van der Waals surface area contributed by atoms with E-state index in [0.29, 0.717) is 16.9 Å². The summed E-state index contributed by atoms with van der Waals surface area (Å²) in [6.07, 6.45) is 1.55. The maximum atomic E-state index is 12.1. The van der Waals surface area contributed by atoms with Crippen molar-refractivity contribution in [3.05, 3.63) is 51.9 Å². The lowest BCUT2D eigenvalue weighted by atomic mass is 9.83. The number of carbonyl (C=O) groups excluding carboxylic acids is 1. The minimum atomic E-state index is -0.600. The van der Waals surface area contributed by atoms with Gasteiger partial charge in [0.05, 0.1) is 12.7 Å². The Morgan fingerprint density at radius 3 is 2.41 bits per heavy atom. The summed E-state index contributed by atoms with van der Waals surface area (Å²) in [4.78, 5) is 26.5. The minimum Gasteiger partial charge on any atom is -0.496 e. The number of methoxy groups -OCH3 is 1. The summed E-state index contributed by atoms with van der Waals surface area (Å²) in [6, 6.07) is 6.79. The van der Waals surface area contributed by atoms with Gasteiger partial charge in [-0.25, -0.2) is 0 Å². The molecule has 3 N–H and O–H groups in total. The van der Waals surface area contributed by atoms with E-state index in [4.69, 9.17) is 10.5 Å². The molecule has 2 aromatic rings. The average molecular weight is 300 g/mol. The van der Waals surface area contributed by atoms with Crippen LogP contribution in [0.5, 0.6) is 5.75 Å². The summed E-state index contributed by atoms with van der Waals surface area (Å²) in [5.74, 6) is -0.0191. The van der Waals surface area contributed by atoms with Crippen molar-refractivity contribution in [1.82, 2.24) is 4.98 Å². The van der Waals surface area contributed by atoms with Crippen LogP contribution in [0.1, 0.15) is 36.7 Å². The number of benzene rings is 1. The average Bonchev–Trinajstić information content (AvgIpc) is 2.45. The summed E-state index contributed by atoms with van der Waals surface area (Å²) in [6.45, 7) is 6.11. The number of pyridine rings is 1. The number of ether oxygens (including phenoxy) is 1. The number of rotatable bonds is 3. The van der Waals surface area contributed by atoms with Gasteiger partial charge in [-0.3, -0.25) is 9.59 Å². The maximum Gasteiger partial charge on any atom is 0.255 e. The molecular formula is C17H20N2O3. The first-order chi connectivity index (χ1) is 10.3. The molecule has 1 aromatic heterocycles. The second kappa shape index (κ2) is 5.67. The smallest absolute Gasteiger partial charge is 0.255 e. The minimum absolute atomic E-state index is 0.211. The van der Waals surface area contributed by atoms with Gasteiger partial charge in [-0.05, 0) is 29.7 Å². The van der Waals surface area contributed by atoms with Crippen LogP contribution in [0.15, 0.2) is 35.3 Å². The third kappa shape index (κ3) is 2.88. The van der Waals surface area contributed by atoms with Crippen LogP contribution in [0.3, 0.4) is 0 Å². The van der Waals surface area contributed by atoms with Gasteiger partial charge in [0.1, 0.15) is 5.75 Å². The SMILES string of the molecule is COc1cc(C(N)=O)c(-c2ccc[nH]c2=O)cc1C(C)(C)C. The highest BCUT2D eigenvalue weighted by Crippen LogP contribution is 2.36. The van der Waals surface area contributed by atoms with E-state index >= 15 is 0 Å². The number of aromatic nitrogens is 1. The zero-order valence-corrected chi connectivity index (χ0v) is 13.2. The van der Waals surface area contributed by atoms with Crippen LogP contribution in [0, 0.1) is 0 Å². The molecule has 1 heterocycles. The third-order valence-corrected chi connectivity index (χ3v) is 3.52. The van der Waals surface area contributed by atoms with E-state index in [-0.39, 0.29) is 16.5 Å².